The molecule has 0 saturated heterocycles. The number of sulfonamides is 1. The Morgan fingerprint density at radius 3 is 2.52 bits per heavy atom. The monoisotopic (exact) mass is 457 g/mol. The van der Waals surface area contributed by atoms with E-state index >= 15 is 0 Å². The van der Waals surface area contributed by atoms with Crippen LogP contribution < -0.4 is 10.0 Å². The van der Waals surface area contributed by atoms with Gasteiger partial charge in [0, 0.05) is 5.69 Å². The fourth-order valence-corrected chi connectivity index (χ4v) is 4.49. The highest BCUT2D eigenvalue weighted by molar-refractivity contribution is 7.92. The van der Waals surface area contributed by atoms with Crippen LogP contribution in [-0.4, -0.2) is 19.3 Å². The second kappa shape index (κ2) is 8.32. The van der Waals surface area contributed by atoms with Gasteiger partial charge in [0.25, 0.3) is 15.9 Å². The van der Waals surface area contributed by atoms with Crippen LogP contribution in [0.1, 0.15) is 16.2 Å². The van der Waals surface area contributed by atoms with E-state index in [-0.39, 0.29) is 16.3 Å². The Balaban J connectivity index is 1.48. The first kappa shape index (κ1) is 20.8. The van der Waals surface area contributed by atoms with E-state index in [1.165, 1.54) is 53.8 Å². The molecule has 31 heavy (non-hydrogen) atoms. The Morgan fingerprint density at radius 2 is 1.84 bits per heavy atom. The molecule has 0 bridgehead atoms. The van der Waals surface area contributed by atoms with Crippen LogP contribution in [0.3, 0.4) is 0 Å². The van der Waals surface area contributed by atoms with E-state index in [4.69, 9.17) is 4.42 Å². The second-order valence-corrected chi connectivity index (χ2v) is 9.13. The average molecular weight is 458 g/mol. The summed E-state index contributed by atoms with van der Waals surface area (Å²) in [5.41, 5.74) is 0.642. The van der Waals surface area contributed by atoms with Crippen molar-refractivity contribution in [1.29, 1.82) is 0 Å². The summed E-state index contributed by atoms with van der Waals surface area (Å²) in [6, 6.07) is 14.4. The number of thiophene rings is 1. The molecule has 0 aliphatic heterocycles. The number of rotatable bonds is 6. The smallest absolute Gasteiger partial charge is 0.277 e. The van der Waals surface area contributed by atoms with Gasteiger partial charge >= 0.3 is 0 Å². The topological polar surface area (TPSA) is 101 Å². The fraction of sp³-hybridized carbons (Fsp3) is 0.0476. The summed E-state index contributed by atoms with van der Waals surface area (Å²) in [4.78, 5) is 17.6. The number of nitrogens with one attached hydrogen (secondary N) is 2. The molecular weight excluding hydrogens is 441 g/mol. The van der Waals surface area contributed by atoms with E-state index in [0.29, 0.717) is 17.3 Å². The molecule has 10 heteroatoms. The number of oxazole rings is 1. The summed E-state index contributed by atoms with van der Waals surface area (Å²) in [5.74, 6) is -0.289. The van der Waals surface area contributed by atoms with Crippen LogP contribution in [0.4, 0.5) is 15.8 Å². The maximum absolute atomic E-state index is 13.3. The molecule has 2 N–H and O–H groups in total. The highest BCUT2D eigenvalue weighted by Gasteiger charge is 2.19. The van der Waals surface area contributed by atoms with Gasteiger partial charge in [0.1, 0.15) is 11.6 Å². The Morgan fingerprint density at radius 1 is 1.06 bits per heavy atom. The quantitative estimate of drug-likeness (QED) is 0.429. The van der Waals surface area contributed by atoms with E-state index in [2.05, 4.69) is 15.0 Å². The molecule has 2 heterocycles. The van der Waals surface area contributed by atoms with Gasteiger partial charge in [-0.2, -0.15) is 0 Å². The van der Waals surface area contributed by atoms with Crippen LogP contribution in [0.2, 0.25) is 0 Å². The number of carbonyl (C=O) groups excluding carboxylic acids is 1. The average Bonchev–Trinajstić information content (AvgIpc) is 3.38. The molecule has 0 unspecified atom stereocenters. The van der Waals surface area contributed by atoms with Gasteiger partial charge in [-0.1, -0.05) is 12.1 Å². The number of amides is 1. The lowest BCUT2D eigenvalue weighted by Crippen LogP contribution is -2.15. The molecule has 2 aromatic carbocycles. The number of carbonyl (C=O) groups is 1. The summed E-state index contributed by atoms with van der Waals surface area (Å²) in [6.07, 6.45) is 0. The second-order valence-electron chi connectivity index (χ2n) is 6.50. The Kier molecular flexibility index (Phi) is 5.57. The number of halogens is 1. The van der Waals surface area contributed by atoms with Crippen molar-refractivity contribution in [3.63, 3.8) is 0 Å². The molecule has 0 atom stereocenters. The first-order valence-electron chi connectivity index (χ1n) is 9.03. The molecule has 1 amide bonds. The zero-order chi connectivity index (χ0) is 22.0. The van der Waals surface area contributed by atoms with Crippen molar-refractivity contribution in [2.45, 2.75) is 11.8 Å². The van der Waals surface area contributed by atoms with Crippen molar-refractivity contribution in [3.05, 3.63) is 83.3 Å². The molecular formula is C21H16FN3O4S2. The summed E-state index contributed by atoms with van der Waals surface area (Å²) in [7, 11) is -3.91. The van der Waals surface area contributed by atoms with Crippen molar-refractivity contribution < 1.29 is 22.0 Å². The number of benzene rings is 2. The molecule has 0 aliphatic rings. The number of hydrogen-bond donors (Lipinski definition) is 2. The van der Waals surface area contributed by atoms with Gasteiger partial charge in [0.05, 0.1) is 15.5 Å². The standard InChI is InChI=1S/C21H16FN3O4S2/c1-13-19(24-21(29-13)18-6-3-11-30-18)20(26)23-15-7-9-17(10-8-15)31(27,28)25-16-5-2-4-14(22)12-16/h2-12,25H,1H3,(H,23,26). The Bertz CT molecular complexity index is 1330. The molecule has 0 spiro atoms. The van der Waals surface area contributed by atoms with Crippen molar-refractivity contribution in [2.24, 2.45) is 0 Å². The molecule has 2 aromatic heterocycles. The summed E-state index contributed by atoms with van der Waals surface area (Å²) in [5, 5.41) is 4.55. The van der Waals surface area contributed by atoms with Gasteiger partial charge in [-0.3, -0.25) is 9.52 Å². The van der Waals surface area contributed by atoms with Crippen LogP contribution in [0, 0.1) is 12.7 Å². The van der Waals surface area contributed by atoms with Gasteiger partial charge in [0.2, 0.25) is 5.89 Å². The third kappa shape index (κ3) is 4.65. The Labute approximate surface area is 181 Å². The molecule has 0 saturated carbocycles. The van der Waals surface area contributed by atoms with Gasteiger partial charge in [-0.25, -0.2) is 17.8 Å². The van der Waals surface area contributed by atoms with Crippen molar-refractivity contribution in [3.8, 4) is 10.8 Å². The van der Waals surface area contributed by atoms with Gasteiger partial charge in [-0.15, -0.1) is 11.3 Å². The summed E-state index contributed by atoms with van der Waals surface area (Å²) in [6.45, 7) is 1.65. The highest BCUT2D eigenvalue weighted by atomic mass is 32.2. The lowest BCUT2D eigenvalue weighted by Gasteiger charge is -2.09. The number of anilines is 2. The fourth-order valence-electron chi connectivity index (χ4n) is 2.79. The third-order valence-corrected chi connectivity index (χ3v) is 6.50. The van der Waals surface area contributed by atoms with E-state index in [9.17, 15) is 17.6 Å². The number of aromatic nitrogens is 1. The van der Waals surface area contributed by atoms with Gasteiger partial charge in [-0.05, 0) is 60.8 Å². The lowest BCUT2D eigenvalue weighted by molar-refractivity contribution is 0.102. The van der Waals surface area contributed by atoms with Crippen LogP contribution in [0.5, 0.6) is 0 Å². The zero-order valence-corrected chi connectivity index (χ0v) is 17.8. The van der Waals surface area contributed by atoms with Gasteiger partial charge < -0.3 is 9.73 Å². The van der Waals surface area contributed by atoms with E-state index < -0.39 is 21.7 Å². The predicted octanol–water partition coefficient (Wildman–Crippen LogP) is 4.90. The van der Waals surface area contributed by atoms with Crippen molar-refractivity contribution >= 4 is 38.6 Å². The SMILES string of the molecule is Cc1oc(-c2cccs2)nc1C(=O)Nc1ccc(S(=O)(=O)Nc2cccc(F)c2)cc1. The maximum Gasteiger partial charge on any atom is 0.277 e. The van der Waals surface area contributed by atoms with Crippen LogP contribution in [0.15, 0.2) is 75.4 Å². The molecule has 0 aliphatic carbocycles. The van der Waals surface area contributed by atoms with Crippen LogP contribution in [0.25, 0.3) is 10.8 Å². The highest BCUT2D eigenvalue weighted by Crippen LogP contribution is 2.26. The minimum Gasteiger partial charge on any atom is -0.440 e. The first-order valence-corrected chi connectivity index (χ1v) is 11.4. The van der Waals surface area contributed by atoms with E-state index in [1.807, 2.05) is 17.5 Å². The van der Waals surface area contributed by atoms with Crippen molar-refractivity contribution in [1.82, 2.24) is 4.98 Å². The largest absolute Gasteiger partial charge is 0.440 e. The number of aryl methyl sites for hydroxylation is 1. The predicted molar refractivity (Wildman–Crippen MR) is 116 cm³/mol. The minimum atomic E-state index is -3.91. The lowest BCUT2D eigenvalue weighted by atomic mass is 10.3. The number of nitrogens with zero attached hydrogens (tertiary/aromatic N) is 1. The van der Waals surface area contributed by atoms with Crippen LogP contribution in [-0.2, 0) is 10.0 Å². The zero-order valence-electron chi connectivity index (χ0n) is 16.1. The third-order valence-electron chi connectivity index (χ3n) is 4.24. The first-order chi connectivity index (χ1) is 14.8. The Hall–Kier alpha value is -3.50. The molecule has 4 aromatic rings. The van der Waals surface area contributed by atoms with Gasteiger partial charge in [0.15, 0.2) is 5.69 Å². The molecule has 4 rings (SSSR count). The van der Waals surface area contributed by atoms with E-state index in [1.54, 1.807) is 6.92 Å². The summed E-state index contributed by atoms with van der Waals surface area (Å²) >= 11 is 1.45. The van der Waals surface area contributed by atoms with E-state index in [0.717, 1.165) is 10.9 Å². The summed E-state index contributed by atoms with van der Waals surface area (Å²) < 4.78 is 46.1. The maximum atomic E-state index is 13.3. The van der Waals surface area contributed by atoms with Crippen LogP contribution >= 0.6 is 11.3 Å². The molecule has 7 nitrogen and oxygen atoms in total. The minimum absolute atomic E-state index is 0.0349. The molecule has 0 fully saturated rings. The van der Waals surface area contributed by atoms with Crippen molar-refractivity contribution in [2.75, 3.05) is 10.0 Å². The number of hydrogen-bond acceptors (Lipinski definition) is 6. The molecule has 158 valence electrons. The normalized spacial score (nSPS) is 11.3. The molecule has 0 radical (unpaired) electrons.